The molecule has 0 radical (unpaired) electrons. The zero-order valence-electron chi connectivity index (χ0n) is 6.70. The van der Waals surface area contributed by atoms with Gasteiger partial charge in [-0.1, -0.05) is 20.8 Å². The topological polar surface area (TPSA) is 12.0 Å². The van der Waals surface area contributed by atoms with Gasteiger partial charge in [0.15, 0.2) is 0 Å². The van der Waals surface area contributed by atoms with Gasteiger partial charge >= 0.3 is 0 Å². The van der Waals surface area contributed by atoms with Crippen molar-refractivity contribution >= 4 is 0 Å². The first-order chi connectivity index (χ1) is 4.15. The molecule has 0 aromatic carbocycles. The second kappa shape index (κ2) is 2.30. The molecule has 54 valence electrons. The van der Waals surface area contributed by atoms with E-state index >= 15 is 0 Å². The molecular weight excluding hydrogens is 110 g/mol. The van der Waals surface area contributed by atoms with E-state index in [4.69, 9.17) is 0 Å². The monoisotopic (exact) mass is 127 g/mol. The van der Waals surface area contributed by atoms with Gasteiger partial charge in [-0.05, 0) is 24.3 Å². The molecule has 0 bridgehead atoms. The SMILES string of the molecule is CC(C)[C@]1(C)CCNC1. The first kappa shape index (κ1) is 7.07. The predicted octanol–water partition coefficient (Wildman–Crippen LogP) is 1.64. The van der Waals surface area contributed by atoms with Gasteiger partial charge in [-0.15, -0.1) is 0 Å². The molecule has 0 aliphatic carbocycles. The summed E-state index contributed by atoms with van der Waals surface area (Å²) in [6, 6.07) is 0. The molecule has 1 heteroatoms. The van der Waals surface area contributed by atoms with Crippen molar-refractivity contribution in [2.75, 3.05) is 13.1 Å². The van der Waals surface area contributed by atoms with E-state index in [9.17, 15) is 0 Å². The number of rotatable bonds is 1. The normalized spacial score (nSPS) is 36.0. The second-order valence-electron chi connectivity index (χ2n) is 3.74. The summed E-state index contributed by atoms with van der Waals surface area (Å²) in [6.45, 7) is 9.43. The molecule has 1 saturated heterocycles. The van der Waals surface area contributed by atoms with Crippen molar-refractivity contribution in [3.63, 3.8) is 0 Å². The van der Waals surface area contributed by atoms with Gasteiger partial charge in [0.25, 0.3) is 0 Å². The molecule has 1 heterocycles. The minimum absolute atomic E-state index is 0.583. The fourth-order valence-electron chi connectivity index (χ4n) is 1.33. The Kier molecular flexibility index (Phi) is 1.80. The zero-order valence-corrected chi connectivity index (χ0v) is 6.70. The van der Waals surface area contributed by atoms with Gasteiger partial charge in [0.05, 0.1) is 0 Å². The van der Waals surface area contributed by atoms with Crippen LogP contribution in [0.25, 0.3) is 0 Å². The van der Waals surface area contributed by atoms with Crippen LogP contribution in [0.3, 0.4) is 0 Å². The van der Waals surface area contributed by atoms with Crippen molar-refractivity contribution in [2.45, 2.75) is 27.2 Å². The lowest BCUT2D eigenvalue weighted by molar-refractivity contribution is 0.249. The Morgan fingerprint density at radius 1 is 1.44 bits per heavy atom. The van der Waals surface area contributed by atoms with E-state index in [1.54, 1.807) is 0 Å². The summed E-state index contributed by atoms with van der Waals surface area (Å²) in [7, 11) is 0. The second-order valence-corrected chi connectivity index (χ2v) is 3.74. The first-order valence-corrected chi connectivity index (χ1v) is 3.86. The molecular formula is C8H17N. The molecule has 9 heavy (non-hydrogen) atoms. The van der Waals surface area contributed by atoms with Crippen LogP contribution in [-0.4, -0.2) is 13.1 Å². The number of hydrogen-bond donors (Lipinski definition) is 1. The third kappa shape index (κ3) is 1.26. The average Bonchev–Trinajstić information content (AvgIpc) is 2.16. The van der Waals surface area contributed by atoms with Crippen LogP contribution in [0.5, 0.6) is 0 Å². The van der Waals surface area contributed by atoms with E-state index in [1.807, 2.05) is 0 Å². The summed E-state index contributed by atoms with van der Waals surface area (Å²) in [4.78, 5) is 0. The lowest BCUT2D eigenvalue weighted by atomic mass is 9.79. The van der Waals surface area contributed by atoms with Crippen LogP contribution < -0.4 is 5.32 Å². The van der Waals surface area contributed by atoms with E-state index in [2.05, 4.69) is 26.1 Å². The number of hydrogen-bond acceptors (Lipinski definition) is 1. The minimum Gasteiger partial charge on any atom is -0.316 e. The highest BCUT2D eigenvalue weighted by Gasteiger charge is 2.31. The molecule has 1 rings (SSSR count). The van der Waals surface area contributed by atoms with Crippen LogP contribution in [-0.2, 0) is 0 Å². The highest BCUT2D eigenvalue weighted by atomic mass is 14.9. The largest absolute Gasteiger partial charge is 0.316 e. The molecule has 1 aliphatic heterocycles. The Labute approximate surface area is 57.8 Å². The van der Waals surface area contributed by atoms with Gasteiger partial charge in [0.1, 0.15) is 0 Å². The van der Waals surface area contributed by atoms with Crippen molar-refractivity contribution in [3.8, 4) is 0 Å². The maximum atomic E-state index is 3.39. The Balaban J connectivity index is 2.51. The maximum absolute atomic E-state index is 3.39. The molecule has 1 N–H and O–H groups in total. The van der Waals surface area contributed by atoms with E-state index in [0.717, 1.165) is 5.92 Å². The molecule has 0 aromatic rings. The van der Waals surface area contributed by atoms with Crippen LogP contribution >= 0.6 is 0 Å². The van der Waals surface area contributed by atoms with Gasteiger partial charge in [-0.3, -0.25) is 0 Å². The molecule has 1 nitrogen and oxygen atoms in total. The summed E-state index contributed by atoms with van der Waals surface area (Å²) < 4.78 is 0. The summed E-state index contributed by atoms with van der Waals surface area (Å²) in [5, 5.41) is 3.39. The summed E-state index contributed by atoms with van der Waals surface area (Å²) in [5.41, 5.74) is 0.583. The molecule has 0 saturated carbocycles. The fraction of sp³-hybridized carbons (Fsp3) is 1.00. The Morgan fingerprint density at radius 3 is 2.33 bits per heavy atom. The minimum atomic E-state index is 0.583. The lowest BCUT2D eigenvalue weighted by Crippen LogP contribution is -2.25. The van der Waals surface area contributed by atoms with Gasteiger partial charge in [-0.2, -0.15) is 0 Å². The van der Waals surface area contributed by atoms with Gasteiger partial charge in [-0.25, -0.2) is 0 Å². The van der Waals surface area contributed by atoms with E-state index in [0.29, 0.717) is 5.41 Å². The van der Waals surface area contributed by atoms with Crippen LogP contribution in [0.15, 0.2) is 0 Å². The van der Waals surface area contributed by atoms with Crippen molar-refractivity contribution < 1.29 is 0 Å². The molecule has 0 amide bonds. The first-order valence-electron chi connectivity index (χ1n) is 3.86. The van der Waals surface area contributed by atoms with Crippen molar-refractivity contribution in [3.05, 3.63) is 0 Å². The number of nitrogens with one attached hydrogen (secondary N) is 1. The van der Waals surface area contributed by atoms with E-state index in [-0.39, 0.29) is 0 Å². The van der Waals surface area contributed by atoms with Crippen LogP contribution in [0.4, 0.5) is 0 Å². The molecule has 1 fully saturated rings. The average molecular weight is 127 g/mol. The highest BCUT2D eigenvalue weighted by Crippen LogP contribution is 2.32. The molecule has 0 unspecified atom stereocenters. The standard InChI is InChI=1S/C8H17N/c1-7(2)8(3)4-5-9-6-8/h7,9H,4-6H2,1-3H3/t8-/m1/s1. The van der Waals surface area contributed by atoms with Crippen molar-refractivity contribution in [1.82, 2.24) is 5.32 Å². The Hall–Kier alpha value is -0.0400. The van der Waals surface area contributed by atoms with Gasteiger partial charge in [0, 0.05) is 6.54 Å². The maximum Gasteiger partial charge on any atom is 0.000809 e. The predicted molar refractivity (Wildman–Crippen MR) is 40.4 cm³/mol. The molecule has 1 aliphatic rings. The van der Waals surface area contributed by atoms with Crippen LogP contribution in [0.2, 0.25) is 0 Å². The zero-order chi connectivity index (χ0) is 6.91. The van der Waals surface area contributed by atoms with Gasteiger partial charge in [0.2, 0.25) is 0 Å². The van der Waals surface area contributed by atoms with Crippen molar-refractivity contribution in [1.29, 1.82) is 0 Å². The summed E-state index contributed by atoms with van der Waals surface area (Å²) >= 11 is 0. The van der Waals surface area contributed by atoms with Gasteiger partial charge < -0.3 is 5.32 Å². The van der Waals surface area contributed by atoms with E-state index < -0.39 is 0 Å². The molecule has 0 spiro atoms. The van der Waals surface area contributed by atoms with Crippen molar-refractivity contribution in [2.24, 2.45) is 11.3 Å². The third-order valence-electron chi connectivity index (χ3n) is 2.80. The Bertz CT molecular complexity index is 90.7. The van der Waals surface area contributed by atoms with Crippen LogP contribution in [0, 0.1) is 11.3 Å². The smallest absolute Gasteiger partial charge is 0.000809 e. The van der Waals surface area contributed by atoms with Crippen LogP contribution in [0.1, 0.15) is 27.2 Å². The quantitative estimate of drug-likeness (QED) is 0.564. The molecule has 0 aromatic heterocycles. The highest BCUT2D eigenvalue weighted by molar-refractivity contribution is 4.85. The Morgan fingerprint density at radius 2 is 2.11 bits per heavy atom. The molecule has 1 atom stereocenters. The summed E-state index contributed by atoms with van der Waals surface area (Å²) in [5.74, 6) is 0.826. The third-order valence-corrected chi connectivity index (χ3v) is 2.80. The lowest BCUT2D eigenvalue weighted by Gasteiger charge is -2.27. The van der Waals surface area contributed by atoms with E-state index in [1.165, 1.54) is 19.5 Å². The summed E-state index contributed by atoms with van der Waals surface area (Å²) in [6.07, 6.45) is 1.35. The fourth-order valence-corrected chi connectivity index (χ4v) is 1.33.